The van der Waals surface area contributed by atoms with Crippen LogP contribution in [0, 0.1) is 11.7 Å². The summed E-state index contributed by atoms with van der Waals surface area (Å²) < 4.78 is 30.3. The number of fused-ring (bicyclic) bond motifs is 2. The van der Waals surface area contributed by atoms with Crippen LogP contribution in [-0.4, -0.2) is 78.6 Å². The van der Waals surface area contributed by atoms with Crippen LogP contribution in [0.1, 0.15) is 24.2 Å². The number of hydrogen-bond donors (Lipinski definition) is 4. The Hall–Kier alpha value is -5.04. The van der Waals surface area contributed by atoms with Crippen molar-refractivity contribution >= 4 is 35.0 Å². The molecule has 0 aromatic heterocycles. The van der Waals surface area contributed by atoms with Crippen molar-refractivity contribution in [1.82, 2.24) is 9.80 Å². The van der Waals surface area contributed by atoms with Crippen LogP contribution in [0.3, 0.4) is 0 Å². The third-order valence-electron chi connectivity index (χ3n) is 7.45. The molecule has 12 nitrogen and oxygen atoms in total. The molecule has 0 saturated heterocycles. The van der Waals surface area contributed by atoms with Crippen molar-refractivity contribution in [3.05, 3.63) is 72.0 Å². The van der Waals surface area contributed by atoms with E-state index in [1.54, 1.807) is 49.2 Å². The lowest BCUT2D eigenvalue weighted by molar-refractivity contribution is 0.0371. The van der Waals surface area contributed by atoms with E-state index in [1.165, 1.54) is 35.2 Å². The standard InChI is InChI=1S/C31H34FN5O7/c1-18-14-37(19(2)16-38)29(39)24-12-22(34-30(40)33-21-6-4-20(32)5-7-21)8-10-25(24)44-28(18)15-36(3)31(41)35-23-9-11-26-27(13-23)43-17-42-26/h4-13,18-19,28,38H,14-17H2,1-3H3,(H,35,41)(H2,33,34,40)/t18-,19-,28+/m1/s1. The van der Waals surface area contributed by atoms with E-state index in [-0.39, 0.29) is 55.7 Å². The molecule has 2 aliphatic heterocycles. The molecule has 5 rings (SSSR count). The lowest BCUT2D eigenvalue weighted by Crippen LogP contribution is -2.50. The van der Waals surface area contributed by atoms with Crippen LogP contribution in [0.25, 0.3) is 0 Å². The number of aliphatic hydroxyl groups excluding tert-OH is 1. The first kappa shape index (κ1) is 30.4. The molecule has 44 heavy (non-hydrogen) atoms. The molecule has 3 atom stereocenters. The molecule has 232 valence electrons. The summed E-state index contributed by atoms with van der Waals surface area (Å²) in [4.78, 5) is 42.4. The molecule has 0 unspecified atom stereocenters. The zero-order valence-electron chi connectivity index (χ0n) is 24.5. The van der Waals surface area contributed by atoms with Gasteiger partial charge in [-0.15, -0.1) is 0 Å². The summed E-state index contributed by atoms with van der Waals surface area (Å²) >= 11 is 0. The lowest BCUT2D eigenvalue weighted by Gasteiger charge is -2.38. The summed E-state index contributed by atoms with van der Waals surface area (Å²) in [6, 6.07) is 13.7. The zero-order valence-corrected chi connectivity index (χ0v) is 24.5. The summed E-state index contributed by atoms with van der Waals surface area (Å²) in [5.74, 6) is 0.403. The minimum Gasteiger partial charge on any atom is -0.487 e. The Morgan fingerprint density at radius 2 is 1.61 bits per heavy atom. The number of hydrogen-bond acceptors (Lipinski definition) is 7. The molecule has 4 N–H and O–H groups in total. The van der Waals surface area contributed by atoms with Crippen molar-refractivity contribution in [2.45, 2.75) is 26.0 Å². The number of carbonyl (C=O) groups is 3. The van der Waals surface area contributed by atoms with E-state index < -0.39 is 24.0 Å². The van der Waals surface area contributed by atoms with Crippen molar-refractivity contribution in [3.8, 4) is 17.2 Å². The number of anilines is 3. The average Bonchev–Trinajstić information content (AvgIpc) is 3.48. The number of likely N-dealkylation sites (N-methyl/N-ethyl adjacent to an activating group) is 1. The first-order chi connectivity index (χ1) is 21.1. The van der Waals surface area contributed by atoms with Crippen LogP contribution in [0.15, 0.2) is 60.7 Å². The minimum absolute atomic E-state index is 0.125. The second-order valence-corrected chi connectivity index (χ2v) is 10.8. The quantitative estimate of drug-likeness (QED) is 0.308. The second kappa shape index (κ2) is 13.1. The number of nitrogens with one attached hydrogen (secondary N) is 3. The highest BCUT2D eigenvalue weighted by atomic mass is 19.1. The van der Waals surface area contributed by atoms with Gasteiger partial charge in [0.25, 0.3) is 5.91 Å². The van der Waals surface area contributed by atoms with E-state index in [2.05, 4.69) is 16.0 Å². The molecule has 3 aromatic carbocycles. The Balaban J connectivity index is 1.33. The number of rotatable bonds is 7. The van der Waals surface area contributed by atoms with Gasteiger partial charge in [-0.1, -0.05) is 6.92 Å². The van der Waals surface area contributed by atoms with Gasteiger partial charge in [0.1, 0.15) is 17.7 Å². The van der Waals surface area contributed by atoms with E-state index in [0.717, 1.165) is 0 Å². The predicted octanol–water partition coefficient (Wildman–Crippen LogP) is 4.58. The number of amides is 5. The molecule has 0 fully saturated rings. The first-order valence-electron chi connectivity index (χ1n) is 14.1. The van der Waals surface area contributed by atoms with Gasteiger partial charge < -0.3 is 45.1 Å². The van der Waals surface area contributed by atoms with Crippen molar-refractivity contribution in [1.29, 1.82) is 0 Å². The Labute approximate surface area is 253 Å². The summed E-state index contributed by atoms with van der Waals surface area (Å²) in [7, 11) is 1.64. The topological polar surface area (TPSA) is 142 Å². The fraction of sp³-hybridized carbons (Fsp3) is 0.323. The Morgan fingerprint density at radius 1 is 0.977 bits per heavy atom. The minimum atomic E-state index is -0.585. The number of halogens is 1. The van der Waals surface area contributed by atoms with Gasteiger partial charge in [0, 0.05) is 42.6 Å². The molecular weight excluding hydrogens is 573 g/mol. The van der Waals surface area contributed by atoms with Crippen molar-refractivity contribution in [2.75, 3.05) is 49.5 Å². The van der Waals surface area contributed by atoms with Gasteiger partial charge in [0.05, 0.1) is 24.8 Å². The Bertz CT molecular complexity index is 1540. The molecule has 3 aromatic rings. The van der Waals surface area contributed by atoms with E-state index in [0.29, 0.717) is 28.6 Å². The van der Waals surface area contributed by atoms with Crippen molar-refractivity contribution in [3.63, 3.8) is 0 Å². The van der Waals surface area contributed by atoms with Crippen LogP contribution >= 0.6 is 0 Å². The molecule has 0 saturated carbocycles. The third kappa shape index (κ3) is 6.94. The van der Waals surface area contributed by atoms with Gasteiger partial charge in [0.2, 0.25) is 6.79 Å². The fourth-order valence-corrected chi connectivity index (χ4v) is 4.89. The monoisotopic (exact) mass is 607 g/mol. The summed E-state index contributed by atoms with van der Waals surface area (Å²) in [5.41, 5.74) is 1.44. The number of nitrogens with zero attached hydrogens (tertiary/aromatic N) is 2. The van der Waals surface area contributed by atoms with Crippen LogP contribution in [0.5, 0.6) is 17.2 Å². The molecule has 0 aliphatic carbocycles. The van der Waals surface area contributed by atoms with E-state index in [4.69, 9.17) is 14.2 Å². The van der Waals surface area contributed by atoms with Gasteiger partial charge in [-0.25, -0.2) is 14.0 Å². The molecule has 2 aliphatic rings. The number of aliphatic hydroxyl groups is 1. The number of benzene rings is 3. The Kier molecular flexibility index (Phi) is 9.04. The predicted molar refractivity (Wildman–Crippen MR) is 161 cm³/mol. The highest BCUT2D eigenvalue weighted by molar-refractivity contribution is 6.02. The van der Waals surface area contributed by atoms with E-state index >= 15 is 0 Å². The fourth-order valence-electron chi connectivity index (χ4n) is 4.89. The number of ether oxygens (including phenoxy) is 3. The van der Waals surface area contributed by atoms with Crippen LogP contribution in [-0.2, 0) is 0 Å². The number of carbonyl (C=O) groups excluding carboxylic acids is 3. The maximum Gasteiger partial charge on any atom is 0.323 e. The van der Waals surface area contributed by atoms with Crippen LogP contribution in [0.2, 0.25) is 0 Å². The van der Waals surface area contributed by atoms with E-state index in [9.17, 15) is 23.9 Å². The average molecular weight is 608 g/mol. The molecular formula is C31H34FN5O7. The SMILES string of the molecule is C[C@@H]1CN([C@H](C)CO)C(=O)c2cc(NC(=O)Nc3ccc(F)cc3)ccc2O[C@H]1CN(C)C(=O)Nc1ccc2c(c1)OCO2. The van der Waals surface area contributed by atoms with Crippen LogP contribution < -0.4 is 30.2 Å². The Morgan fingerprint density at radius 3 is 2.34 bits per heavy atom. The van der Waals surface area contributed by atoms with Gasteiger partial charge in [-0.3, -0.25) is 4.79 Å². The molecule has 2 heterocycles. The summed E-state index contributed by atoms with van der Waals surface area (Å²) in [5, 5.41) is 18.1. The normalized spacial score (nSPS) is 17.8. The van der Waals surface area contributed by atoms with Gasteiger partial charge in [-0.2, -0.15) is 0 Å². The highest BCUT2D eigenvalue weighted by Crippen LogP contribution is 2.34. The molecule has 13 heteroatoms. The summed E-state index contributed by atoms with van der Waals surface area (Å²) in [6.45, 7) is 3.97. The molecule has 5 amide bonds. The largest absolute Gasteiger partial charge is 0.487 e. The molecule has 0 spiro atoms. The zero-order chi connectivity index (χ0) is 31.4. The molecule has 0 bridgehead atoms. The maximum absolute atomic E-state index is 13.7. The number of urea groups is 2. The van der Waals surface area contributed by atoms with Gasteiger partial charge in [-0.05, 0) is 61.5 Å². The smallest absolute Gasteiger partial charge is 0.323 e. The second-order valence-electron chi connectivity index (χ2n) is 10.8. The lowest BCUT2D eigenvalue weighted by atomic mass is 9.99. The third-order valence-corrected chi connectivity index (χ3v) is 7.45. The van der Waals surface area contributed by atoms with Gasteiger partial charge in [0.15, 0.2) is 11.5 Å². The van der Waals surface area contributed by atoms with E-state index in [1.807, 2.05) is 6.92 Å². The highest BCUT2D eigenvalue weighted by Gasteiger charge is 2.34. The first-order valence-corrected chi connectivity index (χ1v) is 14.1. The van der Waals surface area contributed by atoms with Crippen molar-refractivity contribution < 1.29 is 38.1 Å². The van der Waals surface area contributed by atoms with Crippen LogP contribution in [0.4, 0.5) is 31.0 Å². The maximum atomic E-state index is 13.7. The van der Waals surface area contributed by atoms with Gasteiger partial charge >= 0.3 is 12.1 Å². The van der Waals surface area contributed by atoms with Crippen molar-refractivity contribution in [2.24, 2.45) is 5.92 Å². The summed E-state index contributed by atoms with van der Waals surface area (Å²) in [6.07, 6.45) is -0.525. The molecule has 0 radical (unpaired) electrons.